The van der Waals surface area contributed by atoms with Crippen molar-refractivity contribution in [2.24, 2.45) is 0 Å². The van der Waals surface area contributed by atoms with Crippen LogP contribution in [0.2, 0.25) is 0 Å². The van der Waals surface area contributed by atoms with Gasteiger partial charge in [0.15, 0.2) is 5.13 Å². The number of anilines is 2. The molecule has 18 heavy (non-hydrogen) atoms. The molecule has 0 spiro atoms. The second kappa shape index (κ2) is 4.30. The lowest BCUT2D eigenvalue weighted by Crippen LogP contribution is -1.98. The highest BCUT2D eigenvalue weighted by atomic mass is 32.1. The molecule has 0 radical (unpaired) electrons. The van der Waals surface area contributed by atoms with Crippen molar-refractivity contribution in [3.63, 3.8) is 0 Å². The quantitative estimate of drug-likeness (QED) is 0.631. The summed E-state index contributed by atoms with van der Waals surface area (Å²) in [5.41, 5.74) is 9.71. The van der Waals surface area contributed by atoms with Gasteiger partial charge in [-0.1, -0.05) is 11.3 Å². The molecule has 0 aliphatic rings. The lowest BCUT2D eigenvalue weighted by molar-refractivity contribution is 1.04. The van der Waals surface area contributed by atoms with Gasteiger partial charge in [-0.2, -0.15) is 5.10 Å². The van der Waals surface area contributed by atoms with Crippen molar-refractivity contribution in [2.45, 2.75) is 13.5 Å². The summed E-state index contributed by atoms with van der Waals surface area (Å²) < 4.78 is 1.10. The summed E-state index contributed by atoms with van der Waals surface area (Å²) in [5.74, 6) is 0. The first kappa shape index (κ1) is 11.0. The van der Waals surface area contributed by atoms with Gasteiger partial charge in [0.2, 0.25) is 0 Å². The summed E-state index contributed by atoms with van der Waals surface area (Å²) in [6.45, 7) is 2.72. The predicted molar refractivity (Wildman–Crippen MR) is 74.7 cm³/mol. The van der Waals surface area contributed by atoms with Gasteiger partial charge in [-0.05, 0) is 25.1 Å². The molecule has 0 atom stereocenters. The fourth-order valence-electron chi connectivity index (χ4n) is 1.74. The zero-order valence-electron chi connectivity index (χ0n) is 9.90. The Morgan fingerprint density at radius 3 is 3.11 bits per heavy atom. The average Bonchev–Trinajstić information content (AvgIpc) is 2.92. The molecule has 6 heteroatoms. The molecule has 5 nitrogen and oxygen atoms in total. The molecule has 0 saturated heterocycles. The van der Waals surface area contributed by atoms with E-state index in [1.807, 2.05) is 31.3 Å². The number of benzene rings is 1. The Morgan fingerprint density at radius 2 is 2.33 bits per heavy atom. The van der Waals surface area contributed by atoms with Crippen molar-refractivity contribution in [1.29, 1.82) is 0 Å². The number of nitrogen functional groups attached to an aromatic ring is 1. The fourth-order valence-corrected chi connectivity index (χ4v) is 2.65. The van der Waals surface area contributed by atoms with Crippen LogP contribution < -0.4 is 11.1 Å². The van der Waals surface area contributed by atoms with Gasteiger partial charge in [-0.15, -0.1) is 0 Å². The van der Waals surface area contributed by atoms with Crippen LogP contribution in [-0.4, -0.2) is 15.2 Å². The summed E-state index contributed by atoms with van der Waals surface area (Å²) >= 11 is 1.61. The number of nitrogens with two attached hydrogens (primary N) is 1. The normalized spacial score (nSPS) is 10.9. The van der Waals surface area contributed by atoms with Crippen molar-refractivity contribution < 1.29 is 0 Å². The highest BCUT2D eigenvalue weighted by Crippen LogP contribution is 2.27. The van der Waals surface area contributed by atoms with E-state index in [9.17, 15) is 0 Å². The second-order valence-electron chi connectivity index (χ2n) is 4.12. The van der Waals surface area contributed by atoms with Gasteiger partial charge in [0.1, 0.15) is 0 Å². The lowest BCUT2D eigenvalue weighted by Gasteiger charge is -2.00. The number of hydrogen-bond acceptors (Lipinski definition) is 5. The lowest BCUT2D eigenvalue weighted by atomic mass is 10.3. The number of fused-ring (bicyclic) bond motifs is 1. The third kappa shape index (κ3) is 2.02. The van der Waals surface area contributed by atoms with Crippen LogP contribution in [0.25, 0.3) is 10.2 Å². The number of hydrogen-bond donors (Lipinski definition) is 3. The molecule has 3 rings (SSSR count). The van der Waals surface area contributed by atoms with Crippen LogP contribution in [0.1, 0.15) is 11.3 Å². The molecule has 0 aliphatic carbocycles. The van der Waals surface area contributed by atoms with Gasteiger partial charge in [0.05, 0.1) is 16.4 Å². The van der Waals surface area contributed by atoms with E-state index in [0.717, 1.165) is 38.8 Å². The second-order valence-corrected chi connectivity index (χ2v) is 5.15. The van der Waals surface area contributed by atoms with Gasteiger partial charge in [0, 0.05) is 23.5 Å². The SMILES string of the molecule is Cc1[nH]ncc1CNc1nc2ccc(N)cc2s1. The molecule has 0 aliphatic heterocycles. The monoisotopic (exact) mass is 259 g/mol. The molecule has 0 fully saturated rings. The molecule has 0 amide bonds. The van der Waals surface area contributed by atoms with Crippen molar-refractivity contribution >= 4 is 32.4 Å². The Kier molecular flexibility index (Phi) is 2.64. The number of H-pyrrole nitrogens is 1. The van der Waals surface area contributed by atoms with E-state index < -0.39 is 0 Å². The molecule has 92 valence electrons. The Hall–Kier alpha value is -2.08. The zero-order chi connectivity index (χ0) is 12.5. The smallest absolute Gasteiger partial charge is 0.184 e. The number of aromatic amines is 1. The van der Waals surface area contributed by atoms with Gasteiger partial charge in [-0.3, -0.25) is 5.10 Å². The van der Waals surface area contributed by atoms with E-state index >= 15 is 0 Å². The van der Waals surface area contributed by atoms with E-state index in [1.165, 1.54) is 0 Å². The summed E-state index contributed by atoms with van der Waals surface area (Å²) in [6.07, 6.45) is 1.83. The number of thiazole rings is 1. The Labute approximate surface area is 108 Å². The topological polar surface area (TPSA) is 79.6 Å². The predicted octanol–water partition coefficient (Wildman–Crippen LogP) is 2.52. The maximum Gasteiger partial charge on any atom is 0.184 e. The number of nitrogens with one attached hydrogen (secondary N) is 2. The summed E-state index contributed by atoms with van der Waals surface area (Å²) in [4.78, 5) is 4.50. The minimum Gasteiger partial charge on any atom is -0.399 e. The molecule has 0 unspecified atom stereocenters. The minimum absolute atomic E-state index is 0.720. The Morgan fingerprint density at radius 1 is 1.44 bits per heavy atom. The van der Waals surface area contributed by atoms with Crippen LogP contribution >= 0.6 is 11.3 Å². The average molecular weight is 259 g/mol. The Bertz CT molecular complexity index is 685. The minimum atomic E-state index is 0.720. The molecule has 0 saturated carbocycles. The van der Waals surface area contributed by atoms with E-state index in [1.54, 1.807) is 11.3 Å². The first-order chi connectivity index (χ1) is 8.72. The number of aromatic nitrogens is 3. The van der Waals surface area contributed by atoms with Gasteiger partial charge >= 0.3 is 0 Å². The maximum absolute atomic E-state index is 5.75. The third-order valence-corrected chi connectivity index (χ3v) is 3.75. The van der Waals surface area contributed by atoms with E-state index in [4.69, 9.17) is 5.73 Å². The largest absolute Gasteiger partial charge is 0.399 e. The molecule has 2 heterocycles. The van der Waals surface area contributed by atoms with Gasteiger partial charge < -0.3 is 11.1 Å². The Balaban J connectivity index is 1.81. The van der Waals surface area contributed by atoms with Gasteiger partial charge in [-0.25, -0.2) is 4.98 Å². The molecule has 2 aromatic heterocycles. The number of nitrogens with zero attached hydrogens (tertiary/aromatic N) is 2. The first-order valence-corrected chi connectivity index (χ1v) is 6.43. The molecule has 4 N–H and O–H groups in total. The van der Waals surface area contributed by atoms with E-state index in [0.29, 0.717) is 0 Å². The number of rotatable bonds is 3. The van der Waals surface area contributed by atoms with Crippen LogP contribution in [0.15, 0.2) is 24.4 Å². The van der Waals surface area contributed by atoms with Crippen molar-refractivity contribution in [2.75, 3.05) is 11.1 Å². The highest BCUT2D eigenvalue weighted by Gasteiger charge is 2.05. The molecular formula is C12H13N5S. The third-order valence-electron chi connectivity index (χ3n) is 2.78. The molecule has 3 aromatic rings. The van der Waals surface area contributed by atoms with Crippen LogP contribution in [0.5, 0.6) is 0 Å². The zero-order valence-corrected chi connectivity index (χ0v) is 10.7. The van der Waals surface area contributed by atoms with Crippen molar-refractivity contribution in [1.82, 2.24) is 15.2 Å². The summed E-state index contributed by atoms with van der Waals surface area (Å²) in [7, 11) is 0. The maximum atomic E-state index is 5.75. The van der Waals surface area contributed by atoms with Crippen LogP contribution in [0.3, 0.4) is 0 Å². The van der Waals surface area contributed by atoms with Crippen LogP contribution in [0.4, 0.5) is 10.8 Å². The van der Waals surface area contributed by atoms with Gasteiger partial charge in [0.25, 0.3) is 0 Å². The first-order valence-electron chi connectivity index (χ1n) is 5.61. The molecule has 0 bridgehead atoms. The molecular weight excluding hydrogens is 246 g/mol. The highest BCUT2D eigenvalue weighted by molar-refractivity contribution is 7.22. The fraction of sp³-hybridized carbons (Fsp3) is 0.167. The standard InChI is InChI=1S/C12H13N5S/c1-7-8(6-15-17-7)5-14-12-16-10-3-2-9(13)4-11(10)18-12/h2-4,6H,5,13H2,1H3,(H,14,16)(H,15,17). The summed E-state index contributed by atoms with van der Waals surface area (Å²) in [6, 6.07) is 5.75. The van der Waals surface area contributed by atoms with Crippen molar-refractivity contribution in [3.05, 3.63) is 35.7 Å². The molecule has 1 aromatic carbocycles. The number of aryl methyl sites for hydroxylation is 1. The van der Waals surface area contributed by atoms with E-state index in [-0.39, 0.29) is 0 Å². The van der Waals surface area contributed by atoms with Crippen molar-refractivity contribution in [3.8, 4) is 0 Å². The van der Waals surface area contributed by atoms with E-state index in [2.05, 4.69) is 20.5 Å². The van der Waals surface area contributed by atoms with Crippen LogP contribution in [-0.2, 0) is 6.54 Å². The summed E-state index contributed by atoms with van der Waals surface area (Å²) in [5, 5.41) is 11.1. The van der Waals surface area contributed by atoms with Crippen LogP contribution in [0, 0.1) is 6.92 Å².